The molecule has 1 aliphatic rings. The monoisotopic (exact) mass is 532 g/mol. The van der Waals surface area contributed by atoms with Crippen LogP contribution in [0.5, 0.6) is 0 Å². The Kier molecular flexibility index (Phi) is 9.73. The number of hydrogen-bond donors (Lipinski definition) is 2. The Labute approximate surface area is 194 Å². The lowest BCUT2D eigenvalue weighted by Gasteiger charge is -2.33. The average Bonchev–Trinajstić information content (AvgIpc) is 3.36. The molecule has 4 nitrogen and oxygen atoms in total. The molecule has 1 aliphatic heterocycles. The van der Waals surface area contributed by atoms with Gasteiger partial charge < -0.3 is 10.6 Å². The molecule has 0 saturated carbocycles. The molecule has 2 aromatic rings. The highest BCUT2D eigenvalue weighted by atomic mass is 127. The first-order valence-electron chi connectivity index (χ1n) is 9.89. The van der Waals surface area contributed by atoms with Gasteiger partial charge in [0.15, 0.2) is 5.96 Å². The smallest absolute Gasteiger partial charge is 0.191 e. The second-order valence-electron chi connectivity index (χ2n) is 7.88. The van der Waals surface area contributed by atoms with Crippen molar-refractivity contribution in [3.8, 4) is 0 Å². The van der Waals surface area contributed by atoms with Crippen LogP contribution in [-0.4, -0.2) is 43.1 Å². The third-order valence-electron chi connectivity index (χ3n) is 5.08. The summed E-state index contributed by atoms with van der Waals surface area (Å²) in [6, 6.07) is 7.08. The van der Waals surface area contributed by atoms with Crippen LogP contribution in [0.1, 0.15) is 44.1 Å². The number of rotatable bonds is 7. The van der Waals surface area contributed by atoms with Gasteiger partial charge in [0, 0.05) is 42.5 Å². The average molecular weight is 533 g/mol. The van der Waals surface area contributed by atoms with Crippen LogP contribution in [0.2, 0.25) is 0 Å². The molecule has 3 rings (SSSR count). The SMILES string of the molecule is CCNC(=NCC(C)(C)c1cccs1)NC1CCN(Cc2ccsc2)CC1.I. The van der Waals surface area contributed by atoms with Crippen LogP contribution in [-0.2, 0) is 12.0 Å². The van der Waals surface area contributed by atoms with Gasteiger partial charge in [0.05, 0.1) is 6.54 Å². The summed E-state index contributed by atoms with van der Waals surface area (Å²) >= 11 is 3.60. The second kappa shape index (κ2) is 11.5. The Morgan fingerprint density at radius 2 is 2.04 bits per heavy atom. The van der Waals surface area contributed by atoms with E-state index in [1.165, 1.54) is 23.3 Å². The van der Waals surface area contributed by atoms with Crippen molar-refractivity contribution in [2.45, 2.75) is 51.6 Å². The molecule has 1 saturated heterocycles. The lowest BCUT2D eigenvalue weighted by molar-refractivity contribution is 0.198. The van der Waals surface area contributed by atoms with E-state index in [-0.39, 0.29) is 29.4 Å². The Morgan fingerprint density at radius 1 is 1.25 bits per heavy atom. The number of piperidine rings is 1. The molecule has 0 spiro atoms. The van der Waals surface area contributed by atoms with Crippen molar-refractivity contribution in [2.24, 2.45) is 4.99 Å². The van der Waals surface area contributed by atoms with E-state index in [0.717, 1.165) is 38.7 Å². The maximum Gasteiger partial charge on any atom is 0.191 e. The number of nitrogens with one attached hydrogen (secondary N) is 2. The summed E-state index contributed by atoms with van der Waals surface area (Å²) in [7, 11) is 0. The predicted molar refractivity (Wildman–Crippen MR) is 134 cm³/mol. The molecule has 0 aliphatic carbocycles. The summed E-state index contributed by atoms with van der Waals surface area (Å²) in [6.07, 6.45) is 2.34. The number of likely N-dealkylation sites (tertiary alicyclic amines) is 1. The summed E-state index contributed by atoms with van der Waals surface area (Å²) in [5, 5.41) is 13.7. The normalized spacial score (nSPS) is 16.6. The molecule has 3 heterocycles. The molecule has 0 radical (unpaired) electrons. The first-order valence-corrected chi connectivity index (χ1v) is 11.7. The number of guanidine groups is 1. The highest BCUT2D eigenvalue weighted by molar-refractivity contribution is 14.0. The Balaban J connectivity index is 0.00000280. The molecule has 1 fully saturated rings. The molecule has 0 unspecified atom stereocenters. The van der Waals surface area contributed by atoms with Gasteiger partial charge in [-0.25, -0.2) is 0 Å². The molecule has 28 heavy (non-hydrogen) atoms. The lowest BCUT2D eigenvalue weighted by atomic mass is 9.92. The topological polar surface area (TPSA) is 39.7 Å². The molecule has 2 aromatic heterocycles. The zero-order valence-electron chi connectivity index (χ0n) is 17.1. The van der Waals surface area contributed by atoms with Gasteiger partial charge in [-0.2, -0.15) is 11.3 Å². The predicted octanol–water partition coefficient (Wildman–Crippen LogP) is 4.92. The molecule has 0 bridgehead atoms. The largest absolute Gasteiger partial charge is 0.357 e. The quantitative estimate of drug-likeness (QED) is 0.302. The Hall–Kier alpha value is -0.640. The summed E-state index contributed by atoms with van der Waals surface area (Å²) in [5.74, 6) is 0.957. The number of halogens is 1. The minimum Gasteiger partial charge on any atom is -0.357 e. The molecule has 0 amide bonds. The minimum absolute atomic E-state index is 0. The van der Waals surface area contributed by atoms with Crippen LogP contribution in [0.15, 0.2) is 39.3 Å². The third-order valence-corrected chi connectivity index (χ3v) is 7.05. The van der Waals surface area contributed by atoms with Gasteiger partial charge in [-0.05, 0) is 53.6 Å². The van der Waals surface area contributed by atoms with Gasteiger partial charge in [0.25, 0.3) is 0 Å². The fourth-order valence-electron chi connectivity index (χ4n) is 3.41. The van der Waals surface area contributed by atoms with Crippen molar-refractivity contribution in [2.75, 3.05) is 26.2 Å². The lowest BCUT2D eigenvalue weighted by Crippen LogP contribution is -2.48. The first kappa shape index (κ1) is 23.6. The highest BCUT2D eigenvalue weighted by Gasteiger charge is 2.23. The summed E-state index contributed by atoms with van der Waals surface area (Å²) < 4.78 is 0. The van der Waals surface area contributed by atoms with Crippen LogP contribution < -0.4 is 10.6 Å². The van der Waals surface area contributed by atoms with Crippen LogP contribution in [0.25, 0.3) is 0 Å². The van der Waals surface area contributed by atoms with E-state index in [2.05, 4.69) is 70.6 Å². The van der Waals surface area contributed by atoms with Gasteiger partial charge >= 0.3 is 0 Å². The maximum atomic E-state index is 4.90. The molecule has 156 valence electrons. The summed E-state index contributed by atoms with van der Waals surface area (Å²) in [6.45, 7) is 11.7. The molecule has 0 aromatic carbocycles. The van der Waals surface area contributed by atoms with E-state index < -0.39 is 0 Å². The fraction of sp³-hybridized carbons (Fsp3) is 0.571. The number of nitrogens with zero attached hydrogens (tertiary/aromatic N) is 2. The van der Waals surface area contributed by atoms with E-state index in [4.69, 9.17) is 4.99 Å². The number of hydrogen-bond acceptors (Lipinski definition) is 4. The molecular weight excluding hydrogens is 499 g/mol. The van der Waals surface area contributed by atoms with E-state index in [0.29, 0.717) is 6.04 Å². The Morgan fingerprint density at radius 3 is 2.64 bits per heavy atom. The van der Waals surface area contributed by atoms with Crippen molar-refractivity contribution in [3.05, 3.63) is 44.8 Å². The zero-order chi connectivity index (χ0) is 19.1. The third kappa shape index (κ3) is 7.00. The van der Waals surface area contributed by atoms with Crippen molar-refractivity contribution < 1.29 is 0 Å². The van der Waals surface area contributed by atoms with Crippen LogP contribution >= 0.6 is 46.7 Å². The number of aliphatic imine (C=N–C) groups is 1. The Bertz CT molecular complexity index is 690. The van der Waals surface area contributed by atoms with Gasteiger partial charge in [-0.1, -0.05) is 19.9 Å². The summed E-state index contributed by atoms with van der Waals surface area (Å²) in [4.78, 5) is 8.86. The van der Waals surface area contributed by atoms with Gasteiger partial charge in [-0.3, -0.25) is 9.89 Å². The summed E-state index contributed by atoms with van der Waals surface area (Å²) in [5.41, 5.74) is 1.51. The molecule has 0 atom stereocenters. The maximum absolute atomic E-state index is 4.90. The van der Waals surface area contributed by atoms with Gasteiger partial charge in [0.1, 0.15) is 0 Å². The van der Waals surface area contributed by atoms with Crippen molar-refractivity contribution in [3.63, 3.8) is 0 Å². The fourth-order valence-corrected chi connectivity index (χ4v) is 4.91. The number of thiophene rings is 2. The van der Waals surface area contributed by atoms with Crippen LogP contribution in [0.3, 0.4) is 0 Å². The molecule has 7 heteroatoms. The first-order chi connectivity index (χ1) is 13.1. The molecule has 2 N–H and O–H groups in total. The van der Waals surface area contributed by atoms with Gasteiger partial charge in [-0.15, -0.1) is 35.3 Å². The van der Waals surface area contributed by atoms with Gasteiger partial charge in [0.2, 0.25) is 0 Å². The van der Waals surface area contributed by atoms with Crippen molar-refractivity contribution in [1.29, 1.82) is 0 Å². The van der Waals surface area contributed by atoms with Crippen molar-refractivity contribution in [1.82, 2.24) is 15.5 Å². The van der Waals surface area contributed by atoms with Crippen molar-refractivity contribution >= 4 is 52.6 Å². The zero-order valence-corrected chi connectivity index (χ0v) is 21.1. The van der Waals surface area contributed by atoms with E-state index in [1.807, 2.05) is 11.3 Å². The van der Waals surface area contributed by atoms with Crippen LogP contribution in [0, 0.1) is 0 Å². The van der Waals surface area contributed by atoms with Crippen LogP contribution in [0.4, 0.5) is 0 Å². The standard InChI is InChI=1S/C21H32N4S2.HI/c1-4-22-20(23-16-21(2,3)19-6-5-12-27-19)24-18-7-10-25(11-8-18)14-17-9-13-26-15-17;/h5-6,9,12-13,15,18H,4,7-8,10-11,14,16H2,1-3H3,(H2,22,23,24);1H. The second-order valence-corrected chi connectivity index (χ2v) is 9.61. The van der Waals surface area contributed by atoms with E-state index in [1.54, 1.807) is 11.3 Å². The molecular formula is C21H33IN4S2. The van der Waals surface area contributed by atoms with E-state index in [9.17, 15) is 0 Å². The minimum atomic E-state index is 0. The van der Waals surface area contributed by atoms with E-state index >= 15 is 0 Å². The highest BCUT2D eigenvalue weighted by Crippen LogP contribution is 2.27.